The Kier molecular flexibility index (Phi) is 9.23. The van der Waals surface area contributed by atoms with Crippen molar-refractivity contribution in [1.29, 1.82) is 0 Å². The highest BCUT2D eigenvalue weighted by Gasteiger charge is 2.12. The monoisotopic (exact) mass is 519 g/mol. The van der Waals surface area contributed by atoms with E-state index in [0.29, 0.717) is 42.8 Å². The van der Waals surface area contributed by atoms with Gasteiger partial charge in [0.05, 0.1) is 19.8 Å². The van der Waals surface area contributed by atoms with Crippen molar-refractivity contribution in [2.75, 3.05) is 25.1 Å². The number of nitrogens with zero attached hydrogens (tertiary/aromatic N) is 1. The average Bonchev–Trinajstić information content (AvgIpc) is 2.92. The average molecular weight is 519 g/mol. The minimum absolute atomic E-state index is 0. The van der Waals surface area contributed by atoms with Crippen molar-refractivity contribution in [3.63, 3.8) is 0 Å². The van der Waals surface area contributed by atoms with Crippen molar-refractivity contribution >= 4 is 35.6 Å². The second-order valence-corrected chi connectivity index (χ2v) is 6.02. The Morgan fingerprint density at radius 1 is 1.14 bits per heavy atom. The summed E-state index contributed by atoms with van der Waals surface area (Å²) in [5, 5.41) is 6.33. The molecule has 0 unspecified atom stereocenters. The predicted octanol–water partition coefficient (Wildman–Crippen LogP) is 4.64. The fourth-order valence-electron chi connectivity index (χ4n) is 2.69. The maximum absolute atomic E-state index is 12.6. The first kappa shape index (κ1) is 23.0. The van der Waals surface area contributed by atoms with Gasteiger partial charge in [0.15, 0.2) is 17.5 Å². The summed E-state index contributed by atoms with van der Waals surface area (Å²) in [6.45, 7) is 1.13. The minimum atomic E-state index is -2.88. The SMILES string of the molecule is CCNC(=NCc1ccccc1OC(F)F)Nc1ccc2c(c1)OCCCO2.I. The van der Waals surface area contributed by atoms with Gasteiger partial charge < -0.3 is 24.8 Å². The van der Waals surface area contributed by atoms with Crippen molar-refractivity contribution < 1.29 is 23.0 Å². The van der Waals surface area contributed by atoms with Crippen LogP contribution in [0.5, 0.6) is 17.2 Å². The van der Waals surface area contributed by atoms with Crippen molar-refractivity contribution in [2.45, 2.75) is 26.5 Å². The summed E-state index contributed by atoms with van der Waals surface area (Å²) in [6, 6.07) is 12.2. The third-order valence-electron chi connectivity index (χ3n) is 3.95. The van der Waals surface area contributed by atoms with E-state index in [1.54, 1.807) is 18.2 Å². The lowest BCUT2D eigenvalue weighted by molar-refractivity contribution is -0.0504. The van der Waals surface area contributed by atoms with Crippen LogP contribution >= 0.6 is 24.0 Å². The molecule has 0 spiro atoms. The molecular formula is C20H24F2IN3O3. The zero-order valence-electron chi connectivity index (χ0n) is 16.0. The van der Waals surface area contributed by atoms with Crippen LogP contribution in [0.4, 0.5) is 14.5 Å². The number of nitrogens with one attached hydrogen (secondary N) is 2. The van der Waals surface area contributed by atoms with Gasteiger partial charge in [-0.2, -0.15) is 8.78 Å². The molecule has 2 aromatic rings. The van der Waals surface area contributed by atoms with Gasteiger partial charge in [-0.1, -0.05) is 18.2 Å². The number of alkyl halides is 2. The van der Waals surface area contributed by atoms with E-state index in [-0.39, 0.29) is 36.3 Å². The first-order chi connectivity index (χ1) is 13.7. The van der Waals surface area contributed by atoms with Crippen molar-refractivity contribution in [2.24, 2.45) is 4.99 Å². The van der Waals surface area contributed by atoms with E-state index in [1.165, 1.54) is 6.07 Å². The maximum atomic E-state index is 12.6. The fraction of sp³-hybridized carbons (Fsp3) is 0.350. The Morgan fingerprint density at radius 3 is 2.66 bits per heavy atom. The molecule has 0 fully saturated rings. The van der Waals surface area contributed by atoms with Crippen LogP contribution in [0.25, 0.3) is 0 Å². The van der Waals surface area contributed by atoms with Crippen molar-refractivity contribution in [1.82, 2.24) is 5.32 Å². The Hall–Kier alpha value is -2.30. The van der Waals surface area contributed by atoms with Gasteiger partial charge in [0.2, 0.25) is 0 Å². The highest BCUT2D eigenvalue weighted by Crippen LogP contribution is 2.32. The van der Waals surface area contributed by atoms with E-state index in [2.05, 4.69) is 20.4 Å². The smallest absolute Gasteiger partial charge is 0.387 e. The Labute approximate surface area is 185 Å². The topological polar surface area (TPSA) is 64.1 Å². The van der Waals surface area contributed by atoms with Crippen LogP contribution in [-0.4, -0.2) is 32.3 Å². The predicted molar refractivity (Wildman–Crippen MR) is 119 cm³/mol. The lowest BCUT2D eigenvalue weighted by Crippen LogP contribution is -2.30. The highest BCUT2D eigenvalue weighted by atomic mass is 127. The first-order valence-electron chi connectivity index (χ1n) is 9.13. The first-order valence-corrected chi connectivity index (χ1v) is 9.13. The molecule has 1 heterocycles. The van der Waals surface area contributed by atoms with Gasteiger partial charge in [-0.25, -0.2) is 4.99 Å². The van der Waals surface area contributed by atoms with Gasteiger partial charge in [-0.3, -0.25) is 0 Å². The molecule has 0 atom stereocenters. The molecule has 1 aliphatic rings. The fourth-order valence-corrected chi connectivity index (χ4v) is 2.69. The molecule has 29 heavy (non-hydrogen) atoms. The molecule has 1 aliphatic heterocycles. The zero-order valence-corrected chi connectivity index (χ0v) is 18.3. The summed E-state index contributed by atoms with van der Waals surface area (Å²) in [7, 11) is 0. The molecule has 0 aromatic heterocycles. The summed E-state index contributed by atoms with van der Waals surface area (Å²) in [5.74, 6) is 2.02. The van der Waals surface area contributed by atoms with Crippen LogP contribution in [0.15, 0.2) is 47.5 Å². The molecule has 6 nitrogen and oxygen atoms in total. The maximum Gasteiger partial charge on any atom is 0.387 e. The van der Waals surface area contributed by atoms with Gasteiger partial charge in [0.25, 0.3) is 0 Å². The van der Waals surface area contributed by atoms with Gasteiger partial charge >= 0.3 is 6.61 Å². The molecule has 0 amide bonds. The number of aliphatic imine (C=N–C) groups is 1. The summed E-state index contributed by atoms with van der Waals surface area (Å²) in [6.07, 6.45) is 0.835. The largest absolute Gasteiger partial charge is 0.490 e. The van der Waals surface area contributed by atoms with Crippen LogP contribution in [0.1, 0.15) is 18.9 Å². The minimum Gasteiger partial charge on any atom is -0.490 e. The molecular weight excluding hydrogens is 495 g/mol. The van der Waals surface area contributed by atoms with E-state index in [9.17, 15) is 8.78 Å². The Bertz CT molecular complexity index is 821. The highest BCUT2D eigenvalue weighted by molar-refractivity contribution is 14.0. The molecule has 2 N–H and O–H groups in total. The molecule has 0 radical (unpaired) electrons. The Balaban J connectivity index is 0.00000300. The molecule has 3 rings (SSSR count). The number of ether oxygens (including phenoxy) is 3. The number of fused-ring (bicyclic) bond motifs is 1. The lowest BCUT2D eigenvalue weighted by Gasteiger charge is -2.14. The second-order valence-electron chi connectivity index (χ2n) is 6.02. The van der Waals surface area contributed by atoms with Crippen molar-refractivity contribution in [3.8, 4) is 17.2 Å². The van der Waals surface area contributed by atoms with E-state index >= 15 is 0 Å². The molecule has 158 valence electrons. The third-order valence-corrected chi connectivity index (χ3v) is 3.95. The van der Waals surface area contributed by atoms with Gasteiger partial charge in [0.1, 0.15) is 5.75 Å². The van der Waals surface area contributed by atoms with Crippen LogP contribution in [0.2, 0.25) is 0 Å². The number of guanidine groups is 1. The molecule has 0 saturated heterocycles. The number of anilines is 1. The molecule has 0 saturated carbocycles. The van der Waals surface area contributed by atoms with E-state index < -0.39 is 6.61 Å². The summed E-state index contributed by atoms with van der Waals surface area (Å²) in [5.41, 5.74) is 1.35. The number of para-hydroxylation sites is 1. The molecule has 0 aliphatic carbocycles. The standard InChI is InChI=1S/C20H23F2N3O3.HI/c1-2-23-20(24-13-14-6-3-4-7-16(14)28-19(21)22)25-15-8-9-17-18(12-15)27-11-5-10-26-17;/h3-4,6-9,12,19H,2,5,10-11,13H2,1H3,(H2,23,24,25);1H. The van der Waals surface area contributed by atoms with Crippen LogP contribution in [-0.2, 0) is 6.54 Å². The zero-order chi connectivity index (χ0) is 19.8. The Morgan fingerprint density at radius 2 is 1.90 bits per heavy atom. The summed E-state index contributed by atoms with van der Waals surface area (Å²) >= 11 is 0. The second kappa shape index (κ2) is 11.6. The van der Waals surface area contributed by atoms with Gasteiger partial charge in [-0.15, -0.1) is 24.0 Å². The summed E-state index contributed by atoms with van der Waals surface area (Å²) < 4.78 is 41.0. The van der Waals surface area contributed by atoms with Gasteiger partial charge in [0, 0.05) is 30.3 Å². The van der Waals surface area contributed by atoms with Crippen LogP contribution in [0.3, 0.4) is 0 Å². The van der Waals surface area contributed by atoms with Crippen molar-refractivity contribution in [3.05, 3.63) is 48.0 Å². The number of hydrogen-bond acceptors (Lipinski definition) is 4. The van der Waals surface area contributed by atoms with E-state index in [4.69, 9.17) is 9.47 Å². The number of halogens is 3. The number of hydrogen-bond donors (Lipinski definition) is 2. The number of benzene rings is 2. The van der Waals surface area contributed by atoms with Crippen LogP contribution in [0, 0.1) is 0 Å². The van der Waals surface area contributed by atoms with Gasteiger partial charge in [-0.05, 0) is 25.1 Å². The quantitative estimate of drug-likeness (QED) is 0.331. The molecule has 0 bridgehead atoms. The number of rotatable bonds is 6. The van der Waals surface area contributed by atoms with Crippen LogP contribution < -0.4 is 24.8 Å². The lowest BCUT2D eigenvalue weighted by atomic mass is 10.2. The molecule has 9 heteroatoms. The summed E-state index contributed by atoms with van der Waals surface area (Å²) in [4.78, 5) is 4.47. The van der Waals surface area contributed by atoms with E-state index in [0.717, 1.165) is 12.1 Å². The normalized spacial score (nSPS) is 13.3. The molecule has 2 aromatic carbocycles. The van der Waals surface area contributed by atoms with E-state index in [1.807, 2.05) is 25.1 Å². The third kappa shape index (κ3) is 6.91.